The van der Waals surface area contributed by atoms with Crippen molar-refractivity contribution in [3.63, 3.8) is 0 Å². The van der Waals surface area contributed by atoms with E-state index in [0.717, 1.165) is 0 Å². The zero-order chi connectivity index (χ0) is 24.7. The van der Waals surface area contributed by atoms with E-state index in [1.807, 2.05) is 0 Å². The van der Waals surface area contributed by atoms with Crippen molar-refractivity contribution in [2.75, 3.05) is 0 Å². The Balaban J connectivity index is 2.47. The lowest BCUT2D eigenvalue weighted by Gasteiger charge is -2.17. The molecule has 1 heterocycles. The van der Waals surface area contributed by atoms with Gasteiger partial charge in [0.1, 0.15) is 12.4 Å². The standard InChI is InChI=1S/C32H62N2/c1-5-8-11-13-15-17-19-21-24-27-31(26-23-20-18-16-14-12-9-6-2)32-33-28-29-34(32)30(4)25-22-10-7-3/h28-31H,5-27H2,1-4H3/p+1. The first-order valence-electron chi connectivity index (χ1n) is 15.8. The lowest BCUT2D eigenvalue weighted by atomic mass is 9.92. The van der Waals surface area contributed by atoms with Crippen molar-refractivity contribution in [2.45, 2.75) is 187 Å². The molecule has 0 aliphatic rings. The summed E-state index contributed by atoms with van der Waals surface area (Å²) in [5.74, 6) is 2.24. The molecule has 34 heavy (non-hydrogen) atoms. The summed E-state index contributed by atoms with van der Waals surface area (Å²) in [5, 5.41) is 0. The Labute approximate surface area is 215 Å². The van der Waals surface area contributed by atoms with Crippen molar-refractivity contribution in [1.82, 2.24) is 4.98 Å². The van der Waals surface area contributed by atoms with Crippen LogP contribution in [0.2, 0.25) is 0 Å². The molecule has 2 heteroatoms. The van der Waals surface area contributed by atoms with Gasteiger partial charge in [-0.05, 0) is 32.6 Å². The number of hydrogen-bond donors (Lipinski definition) is 1. The van der Waals surface area contributed by atoms with E-state index in [0.29, 0.717) is 12.0 Å². The molecular formula is C32H63N2+. The second-order valence-electron chi connectivity index (χ2n) is 11.2. The van der Waals surface area contributed by atoms with Crippen LogP contribution in [-0.2, 0) is 0 Å². The molecule has 1 aromatic rings. The van der Waals surface area contributed by atoms with Gasteiger partial charge in [-0.2, -0.15) is 0 Å². The van der Waals surface area contributed by atoms with Crippen LogP contribution in [0.25, 0.3) is 0 Å². The van der Waals surface area contributed by atoms with Crippen molar-refractivity contribution in [2.24, 2.45) is 0 Å². The number of hydrogen-bond acceptors (Lipinski definition) is 0. The lowest BCUT2D eigenvalue weighted by Crippen LogP contribution is -2.41. The number of nitrogens with zero attached hydrogens (tertiary/aromatic N) is 1. The van der Waals surface area contributed by atoms with Crippen LogP contribution < -0.4 is 4.57 Å². The molecule has 1 rings (SSSR count). The van der Waals surface area contributed by atoms with E-state index in [1.165, 1.54) is 154 Å². The molecule has 0 bridgehead atoms. The predicted octanol–water partition coefficient (Wildman–Crippen LogP) is 11.0. The maximum Gasteiger partial charge on any atom is 0.257 e. The second kappa shape index (κ2) is 22.7. The summed E-state index contributed by atoms with van der Waals surface area (Å²) in [6, 6.07) is 0.622. The van der Waals surface area contributed by atoms with Crippen molar-refractivity contribution in [3.8, 4) is 0 Å². The van der Waals surface area contributed by atoms with Gasteiger partial charge in [0.2, 0.25) is 0 Å². The second-order valence-corrected chi connectivity index (χ2v) is 11.2. The third-order valence-corrected chi connectivity index (χ3v) is 7.89. The molecule has 0 aliphatic heterocycles. The van der Waals surface area contributed by atoms with E-state index in [2.05, 4.69) is 49.6 Å². The topological polar surface area (TPSA) is 19.7 Å². The van der Waals surface area contributed by atoms with Crippen LogP contribution in [-0.4, -0.2) is 4.98 Å². The van der Waals surface area contributed by atoms with Crippen molar-refractivity contribution in [3.05, 3.63) is 18.2 Å². The molecule has 2 unspecified atom stereocenters. The van der Waals surface area contributed by atoms with E-state index in [9.17, 15) is 0 Å². The van der Waals surface area contributed by atoms with Crippen LogP contribution in [0.3, 0.4) is 0 Å². The highest BCUT2D eigenvalue weighted by molar-refractivity contribution is 4.90. The van der Waals surface area contributed by atoms with Gasteiger partial charge >= 0.3 is 0 Å². The molecule has 200 valence electrons. The zero-order valence-electron chi connectivity index (χ0n) is 24.0. The van der Waals surface area contributed by atoms with Crippen LogP contribution >= 0.6 is 0 Å². The minimum atomic E-state index is 0.622. The molecule has 1 N–H and O–H groups in total. The fourth-order valence-electron chi connectivity index (χ4n) is 5.54. The van der Waals surface area contributed by atoms with Crippen LogP contribution in [0, 0.1) is 0 Å². The Morgan fingerprint density at radius 2 is 0.941 bits per heavy atom. The molecular weight excluding hydrogens is 412 g/mol. The van der Waals surface area contributed by atoms with E-state index in [4.69, 9.17) is 0 Å². The number of aromatic amines is 1. The first-order chi connectivity index (χ1) is 16.7. The lowest BCUT2D eigenvalue weighted by molar-refractivity contribution is -0.727. The Hall–Kier alpha value is -0.790. The summed E-state index contributed by atoms with van der Waals surface area (Å²) < 4.78 is 2.60. The average molecular weight is 476 g/mol. The predicted molar refractivity (Wildman–Crippen MR) is 152 cm³/mol. The number of aromatic nitrogens is 2. The van der Waals surface area contributed by atoms with Gasteiger partial charge in [-0.15, -0.1) is 0 Å². The smallest absolute Gasteiger partial charge is 0.247 e. The quantitative estimate of drug-likeness (QED) is 0.107. The Kier molecular flexibility index (Phi) is 20.8. The first kappa shape index (κ1) is 31.2. The molecule has 2 atom stereocenters. The molecule has 0 spiro atoms. The Bertz CT molecular complexity index is 535. The van der Waals surface area contributed by atoms with E-state index >= 15 is 0 Å². The molecule has 0 radical (unpaired) electrons. The van der Waals surface area contributed by atoms with E-state index in [1.54, 1.807) is 0 Å². The number of unbranched alkanes of at least 4 members (excludes halogenated alkanes) is 17. The van der Waals surface area contributed by atoms with E-state index < -0.39 is 0 Å². The average Bonchev–Trinajstić information content (AvgIpc) is 3.33. The Morgan fingerprint density at radius 1 is 0.559 bits per heavy atom. The molecule has 0 aromatic carbocycles. The molecule has 0 saturated carbocycles. The van der Waals surface area contributed by atoms with Gasteiger partial charge in [0.25, 0.3) is 5.82 Å². The van der Waals surface area contributed by atoms with Crippen LogP contribution in [0.1, 0.15) is 193 Å². The first-order valence-corrected chi connectivity index (χ1v) is 15.8. The molecule has 2 nitrogen and oxygen atoms in total. The minimum Gasteiger partial charge on any atom is -0.247 e. The number of nitrogens with one attached hydrogen (secondary N) is 1. The number of H-pyrrole nitrogens is 1. The number of rotatable bonds is 25. The highest BCUT2D eigenvalue weighted by Crippen LogP contribution is 2.27. The molecule has 1 aromatic heterocycles. The van der Waals surface area contributed by atoms with Gasteiger partial charge in [-0.1, -0.05) is 143 Å². The Morgan fingerprint density at radius 3 is 1.41 bits per heavy atom. The maximum atomic E-state index is 3.70. The van der Waals surface area contributed by atoms with Crippen LogP contribution in [0.15, 0.2) is 12.4 Å². The van der Waals surface area contributed by atoms with Crippen molar-refractivity contribution < 1.29 is 4.57 Å². The summed E-state index contributed by atoms with van der Waals surface area (Å²) in [5.41, 5.74) is 0. The maximum absolute atomic E-state index is 3.70. The third-order valence-electron chi connectivity index (χ3n) is 7.89. The number of imidazole rings is 1. The summed E-state index contributed by atoms with van der Waals surface area (Å²) >= 11 is 0. The molecule has 0 amide bonds. The largest absolute Gasteiger partial charge is 0.257 e. The highest BCUT2D eigenvalue weighted by Gasteiger charge is 2.25. The third kappa shape index (κ3) is 15.3. The van der Waals surface area contributed by atoms with Gasteiger partial charge in [0.05, 0.1) is 12.0 Å². The summed E-state index contributed by atoms with van der Waals surface area (Å²) in [6.07, 6.45) is 36.8. The summed E-state index contributed by atoms with van der Waals surface area (Å²) in [4.78, 5) is 3.70. The monoisotopic (exact) mass is 475 g/mol. The van der Waals surface area contributed by atoms with E-state index in [-0.39, 0.29) is 0 Å². The van der Waals surface area contributed by atoms with Gasteiger partial charge in [-0.25, -0.2) is 9.55 Å². The van der Waals surface area contributed by atoms with Gasteiger partial charge < -0.3 is 0 Å². The molecule has 0 fully saturated rings. The highest BCUT2D eigenvalue weighted by atomic mass is 15.1. The van der Waals surface area contributed by atoms with Crippen molar-refractivity contribution in [1.29, 1.82) is 0 Å². The molecule has 0 aliphatic carbocycles. The van der Waals surface area contributed by atoms with Crippen molar-refractivity contribution >= 4 is 0 Å². The van der Waals surface area contributed by atoms with Gasteiger partial charge in [0, 0.05) is 0 Å². The van der Waals surface area contributed by atoms with Crippen LogP contribution in [0.4, 0.5) is 0 Å². The van der Waals surface area contributed by atoms with Gasteiger partial charge in [0.15, 0.2) is 0 Å². The summed E-state index contributed by atoms with van der Waals surface area (Å²) in [6.45, 7) is 9.36. The summed E-state index contributed by atoms with van der Waals surface area (Å²) in [7, 11) is 0. The van der Waals surface area contributed by atoms with Gasteiger partial charge in [-0.3, -0.25) is 0 Å². The zero-order valence-corrected chi connectivity index (χ0v) is 24.0. The fraction of sp³-hybridized carbons (Fsp3) is 0.906. The SMILES string of the molecule is CCCCCCCCCCCC(CCCCCCCCCC)c1[nH]cc[n+]1C(C)CCCCC. The fourth-order valence-corrected chi connectivity index (χ4v) is 5.54. The normalized spacial score (nSPS) is 13.4. The van der Waals surface area contributed by atoms with Crippen LogP contribution in [0.5, 0.6) is 0 Å². The minimum absolute atomic E-state index is 0.622. The molecule has 0 saturated heterocycles.